The van der Waals surface area contributed by atoms with Crippen LogP contribution in [0.5, 0.6) is 0 Å². The number of aryl methyl sites for hydroxylation is 1. The molecule has 2 aliphatic heterocycles. The normalized spacial score (nSPS) is 20.2. The number of nitrogens with zero attached hydrogens (tertiary/aromatic N) is 3. The first kappa shape index (κ1) is 11.6. The highest BCUT2D eigenvalue weighted by Gasteiger charge is 2.22. The monoisotopic (exact) mass is 271 g/mol. The molecule has 4 nitrogen and oxygen atoms in total. The van der Waals surface area contributed by atoms with Gasteiger partial charge in [0.2, 0.25) is 5.28 Å². The van der Waals surface area contributed by atoms with Gasteiger partial charge in [0.25, 0.3) is 0 Å². The molecule has 0 radical (unpaired) electrons. The molecule has 3 rings (SSSR count). The molecular weight excluding hydrogens is 258 g/mol. The Kier molecular flexibility index (Phi) is 3.40. The van der Waals surface area contributed by atoms with E-state index in [1.54, 1.807) is 0 Å². The standard InChI is InChI=1S/C11H14ClN3OS/c12-11-13-9-1-6-17-7-8(9)10(14-11)15-2-4-16-5-3-15/h1-7H2. The summed E-state index contributed by atoms with van der Waals surface area (Å²) in [7, 11) is 0. The van der Waals surface area contributed by atoms with Crippen molar-refractivity contribution in [3.63, 3.8) is 0 Å². The van der Waals surface area contributed by atoms with Crippen LogP contribution in [0.25, 0.3) is 0 Å². The summed E-state index contributed by atoms with van der Waals surface area (Å²) in [6.45, 7) is 3.32. The minimum absolute atomic E-state index is 0.372. The lowest BCUT2D eigenvalue weighted by Crippen LogP contribution is -2.38. The molecule has 92 valence electrons. The van der Waals surface area contributed by atoms with Crippen LogP contribution in [0.4, 0.5) is 5.82 Å². The summed E-state index contributed by atoms with van der Waals surface area (Å²) in [6.07, 6.45) is 1.000. The molecule has 1 aromatic rings. The lowest BCUT2D eigenvalue weighted by molar-refractivity contribution is 0.122. The van der Waals surface area contributed by atoms with Crippen molar-refractivity contribution < 1.29 is 4.74 Å². The molecular formula is C11H14ClN3OS. The second kappa shape index (κ2) is 5.00. The summed E-state index contributed by atoms with van der Waals surface area (Å²) in [4.78, 5) is 11.0. The zero-order valence-corrected chi connectivity index (χ0v) is 11.1. The van der Waals surface area contributed by atoms with Gasteiger partial charge < -0.3 is 9.64 Å². The number of ether oxygens (including phenoxy) is 1. The van der Waals surface area contributed by atoms with E-state index in [1.807, 2.05) is 11.8 Å². The maximum atomic E-state index is 6.01. The van der Waals surface area contributed by atoms with Gasteiger partial charge in [-0.05, 0) is 23.8 Å². The Hall–Kier alpha value is -0.520. The molecule has 0 saturated carbocycles. The minimum atomic E-state index is 0.372. The van der Waals surface area contributed by atoms with Crippen molar-refractivity contribution in [3.8, 4) is 0 Å². The molecule has 1 aromatic heterocycles. The van der Waals surface area contributed by atoms with Crippen molar-refractivity contribution in [1.29, 1.82) is 0 Å². The van der Waals surface area contributed by atoms with Gasteiger partial charge in [0.1, 0.15) is 5.82 Å². The summed E-state index contributed by atoms with van der Waals surface area (Å²) in [5.74, 6) is 3.15. The third-order valence-corrected chi connectivity index (χ3v) is 4.24. The average molecular weight is 272 g/mol. The summed E-state index contributed by atoms with van der Waals surface area (Å²) in [6, 6.07) is 0. The Morgan fingerprint density at radius 1 is 1.24 bits per heavy atom. The second-order valence-corrected chi connectivity index (χ2v) is 5.59. The van der Waals surface area contributed by atoms with E-state index in [9.17, 15) is 0 Å². The topological polar surface area (TPSA) is 38.2 Å². The van der Waals surface area contributed by atoms with E-state index in [0.717, 1.165) is 55.7 Å². The molecule has 1 fully saturated rings. The van der Waals surface area contributed by atoms with Crippen LogP contribution >= 0.6 is 23.4 Å². The van der Waals surface area contributed by atoms with Crippen molar-refractivity contribution in [3.05, 3.63) is 16.5 Å². The summed E-state index contributed by atoms with van der Waals surface area (Å²) in [5.41, 5.74) is 2.40. The zero-order chi connectivity index (χ0) is 11.7. The molecule has 6 heteroatoms. The fourth-order valence-corrected chi connectivity index (χ4v) is 3.39. The maximum Gasteiger partial charge on any atom is 0.224 e. The highest BCUT2D eigenvalue weighted by Crippen LogP contribution is 2.31. The summed E-state index contributed by atoms with van der Waals surface area (Å²) < 4.78 is 5.37. The molecule has 0 spiro atoms. The van der Waals surface area contributed by atoms with E-state index >= 15 is 0 Å². The summed E-state index contributed by atoms with van der Waals surface area (Å²) >= 11 is 7.95. The fourth-order valence-electron chi connectivity index (χ4n) is 2.22. The lowest BCUT2D eigenvalue weighted by atomic mass is 10.1. The molecule has 0 amide bonds. The minimum Gasteiger partial charge on any atom is -0.378 e. The van der Waals surface area contributed by atoms with Crippen LogP contribution < -0.4 is 4.90 Å². The van der Waals surface area contributed by atoms with Gasteiger partial charge in [-0.25, -0.2) is 9.97 Å². The van der Waals surface area contributed by atoms with E-state index in [1.165, 1.54) is 5.56 Å². The van der Waals surface area contributed by atoms with E-state index in [-0.39, 0.29) is 0 Å². The molecule has 0 N–H and O–H groups in total. The van der Waals surface area contributed by atoms with E-state index in [0.29, 0.717) is 5.28 Å². The number of thioether (sulfide) groups is 1. The molecule has 0 atom stereocenters. The average Bonchev–Trinajstić information content (AvgIpc) is 2.39. The number of aromatic nitrogens is 2. The van der Waals surface area contributed by atoms with Crippen LogP contribution in [0.15, 0.2) is 0 Å². The van der Waals surface area contributed by atoms with Gasteiger partial charge >= 0.3 is 0 Å². The molecule has 1 saturated heterocycles. The number of rotatable bonds is 1. The molecule has 0 aromatic carbocycles. The predicted molar refractivity (Wildman–Crippen MR) is 69.9 cm³/mol. The quantitative estimate of drug-likeness (QED) is 0.728. The molecule has 0 bridgehead atoms. The predicted octanol–water partition coefficient (Wildman–Crippen LogP) is 1.76. The Balaban J connectivity index is 1.98. The first-order chi connectivity index (χ1) is 8.34. The molecule has 0 aliphatic carbocycles. The number of halogens is 1. The third kappa shape index (κ3) is 2.37. The third-order valence-electron chi connectivity index (χ3n) is 3.08. The Morgan fingerprint density at radius 2 is 2.06 bits per heavy atom. The van der Waals surface area contributed by atoms with Crippen LogP contribution in [0.3, 0.4) is 0 Å². The maximum absolute atomic E-state index is 6.01. The van der Waals surface area contributed by atoms with Crippen LogP contribution in [-0.2, 0) is 16.9 Å². The van der Waals surface area contributed by atoms with Crippen LogP contribution in [0.1, 0.15) is 11.3 Å². The van der Waals surface area contributed by atoms with Crippen molar-refractivity contribution >= 4 is 29.2 Å². The van der Waals surface area contributed by atoms with E-state index in [2.05, 4.69) is 14.9 Å². The number of hydrogen-bond donors (Lipinski definition) is 0. The molecule has 3 heterocycles. The molecule has 0 unspecified atom stereocenters. The van der Waals surface area contributed by atoms with Crippen molar-refractivity contribution in [1.82, 2.24) is 9.97 Å². The highest BCUT2D eigenvalue weighted by molar-refractivity contribution is 7.98. The first-order valence-electron chi connectivity index (χ1n) is 5.80. The molecule has 2 aliphatic rings. The van der Waals surface area contributed by atoms with Gasteiger partial charge in [0.15, 0.2) is 0 Å². The largest absolute Gasteiger partial charge is 0.378 e. The van der Waals surface area contributed by atoms with Crippen LogP contribution in [0, 0.1) is 0 Å². The van der Waals surface area contributed by atoms with Crippen LogP contribution in [-0.4, -0.2) is 42.0 Å². The van der Waals surface area contributed by atoms with Gasteiger partial charge in [0.05, 0.1) is 18.9 Å². The Morgan fingerprint density at radius 3 is 2.88 bits per heavy atom. The van der Waals surface area contributed by atoms with Crippen molar-refractivity contribution in [2.24, 2.45) is 0 Å². The van der Waals surface area contributed by atoms with Crippen molar-refractivity contribution in [2.75, 3.05) is 37.0 Å². The van der Waals surface area contributed by atoms with Gasteiger partial charge in [-0.3, -0.25) is 0 Å². The first-order valence-corrected chi connectivity index (χ1v) is 7.33. The van der Waals surface area contributed by atoms with Gasteiger partial charge in [-0.2, -0.15) is 11.8 Å². The van der Waals surface area contributed by atoms with Gasteiger partial charge in [-0.1, -0.05) is 0 Å². The SMILES string of the molecule is Clc1nc2c(c(N3CCOCC3)n1)CSCC2. The summed E-state index contributed by atoms with van der Waals surface area (Å²) in [5, 5.41) is 0.372. The highest BCUT2D eigenvalue weighted by atomic mass is 35.5. The lowest BCUT2D eigenvalue weighted by Gasteiger charge is -2.31. The van der Waals surface area contributed by atoms with E-state index < -0.39 is 0 Å². The Labute approximate surface area is 110 Å². The number of fused-ring (bicyclic) bond motifs is 1. The zero-order valence-electron chi connectivity index (χ0n) is 9.49. The number of morpholine rings is 1. The number of hydrogen-bond acceptors (Lipinski definition) is 5. The second-order valence-electron chi connectivity index (χ2n) is 4.14. The number of anilines is 1. The van der Waals surface area contributed by atoms with Gasteiger partial charge in [-0.15, -0.1) is 0 Å². The Bertz CT molecular complexity index is 423. The van der Waals surface area contributed by atoms with E-state index in [4.69, 9.17) is 16.3 Å². The van der Waals surface area contributed by atoms with Crippen molar-refractivity contribution in [2.45, 2.75) is 12.2 Å². The molecule has 17 heavy (non-hydrogen) atoms. The smallest absolute Gasteiger partial charge is 0.224 e. The fraction of sp³-hybridized carbons (Fsp3) is 0.636. The van der Waals surface area contributed by atoms with Gasteiger partial charge in [0, 0.05) is 24.4 Å². The van der Waals surface area contributed by atoms with Crippen LogP contribution in [0.2, 0.25) is 5.28 Å².